The molecule has 156 valence electrons. The van der Waals surface area contributed by atoms with Gasteiger partial charge >= 0.3 is 0 Å². The maximum Gasteiger partial charge on any atom is 0.262 e. The van der Waals surface area contributed by atoms with E-state index in [4.69, 9.17) is 0 Å². The van der Waals surface area contributed by atoms with E-state index in [0.717, 1.165) is 17.6 Å². The zero-order chi connectivity index (χ0) is 21.3. The van der Waals surface area contributed by atoms with Gasteiger partial charge in [0.2, 0.25) is 5.91 Å². The van der Waals surface area contributed by atoms with E-state index in [1.807, 2.05) is 42.5 Å². The van der Waals surface area contributed by atoms with Crippen molar-refractivity contribution in [1.82, 2.24) is 4.90 Å². The summed E-state index contributed by atoms with van der Waals surface area (Å²) >= 11 is 0. The van der Waals surface area contributed by atoms with Gasteiger partial charge in [-0.2, -0.15) is 0 Å². The van der Waals surface area contributed by atoms with Gasteiger partial charge in [0, 0.05) is 18.8 Å². The molecule has 1 aromatic rings. The normalized spacial score (nSPS) is 32.0. The summed E-state index contributed by atoms with van der Waals surface area (Å²) in [7, 11) is 0. The lowest BCUT2D eigenvalue weighted by Crippen LogP contribution is -2.53. The van der Waals surface area contributed by atoms with E-state index >= 15 is 0 Å². The van der Waals surface area contributed by atoms with E-state index in [9.17, 15) is 14.7 Å². The van der Waals surface area contributed by atoms with Crippen LogP contribution >= 0.6 is 0 Å². The van der Waals surface area contributed by atoms with Crippen LogP contribution in [0, 0.1) is 23.7 Å². The molecule has 3 rings (SSSR count). The number of aliphatic hydroxyl groups is 1. The number of hydrogen-bond donors (Lipinski definition) is 1. The molecule has 0 saturated carbocycles. The Balaban J connectivity index is 2.05. The number of carbonyl (C=O) groups is 2. The first-order valence-corrected chi connectivity index (χ1v) is 10.6. The molecule has 2 aliphatic rings. The Morgan fingerprint density at radius 3 is 2.52 bits per heavy atom. The van der Waals surface area contributed by atoms with Gasteiger partial charge in [-0.3, -0.25) is 14.5 Å². The Labute approximate surface area is 174 Å². The number of allylic oxidation sites excluding steroid dienone is 2. The van der Waals surface area contributed by atoms with Crippen molar-refractivity contribution in [1.29, 1.82) is 0 Å². The fourth-order valence-corrected chi connectivity index (χ4v) is 5.01. The van der Waals surface area contributed by atoms with E-state index in [1.54, 1.807) is 0 Å². The van der Waals surface area contributed by atoms with Gasteiger partial charge in [-0.05, 0) is 37.2 Å². The van der Waals surface area contributed by atoms with Crippen LogP contribution in [0.15, 0.2) is 54.1 Å². The van der Waals surface area contributed by atoms with Crippen LogP contribution in [0.5, 0.6) is 0 Å². The molecule has 0 spiro atoms. The zero-order valence-electron chi connectivity index (χ0n) is 18.1. The number of likely N-dealkylation sites (tertiary alicyclic amines) is 1. The van der Waals surface area contributed by atoms with Gasteiger partial charge in [0.15, 0.2) is 5.60 Å². The number of amides is 2. The summed E-state index contributed by atoms with van der Waals surface area (Å²) in [5.74, 6) is -0.991. The lowest BCUT2D eigenvalue weighted by molar-refractivity contribution is -0.154. The Kier molecular flexibility index (Phi) is 6.13. The minimum atomic E-state index is -1.59. The predicted molar refractivity (Wildman–Crippen MR) is 115 cm³/mol. The summed E-state index contributed by atoms with van der Waals surface area (Å²) in [6.45, 7) is 9.82. The second-order valence-electron chi connectivity index (χ2n) is 9.09. The predicted octanol–water partition coefficient (Wildman–Crippen LogP) is 4.15. The van der Waals surface area contributed by atoms with Crippen molar-refractivity contribution >= 4 is 11.8 Å². The highest BCUT2D eigenvalue weighted by Gasteiger charge is 2.64. The second-order valence-corrected chi connectivity index (χ2v) is 9.09. The highest BCUT2D eigenvalue weighted by atomic mass is 16.3. The van der Waals surface area contributed by atoms with Crippen LogP contribution in [0.2, 0.25) is 0 Å². The first kappa shape index (κ1) is 21.5. The van der Waals surface area contributed by atoms with Crippen molar-refractivity contribution in [2.45, 2.75) is 59.1 Å². The largest absolute Gasteiger partial charge is 0.379 e. The lowest BCUT2D eigenvalue weighted by atomic mass is 9.63. The van der Waals surface area contributed by atoms with Gasteiger partial charge in [0.25, 0.3) is 5.91 Å². The zero-order valence-corrected chi connectivity index (χ0v) is 18.1. The summed E-state index contributed by atoms with van der Waals surface area (Å²) in [6.07, 6.45) is 7.47. The fourth-order valence-electron chi connectivity index (χ4n) is 5.01. The standard InChI is InChI=1S/C25H33NO3/c1-16(2)10-9-13-21-14-17(3)18(4)23-22(15-20-11-7-6-8-12-20)26(19(5)27)24(28)25(21,23)29/h6-9,11-14,16,18,21-23,29H,10,15H2,1-5H3/b13-9+/t18-,21+,22?,23+,25-/m1/s1. The van der Waals surface area contributed by atoms with Crippen LogP contribution < -0.4 is 0 Å². The Morgan fingerprint density at radius 2 is 1.93 bits per heavy atom. The Bertz CT molecular complexity index is 826. The highest BCUT2D eigenvalue weighted by molar-refractivity contribution is 6.02. The molecule has 0 bridgehead atoms. The number of fused-ring (bicyclic) bond motifs is 1. The van der Waals surface area contributed by atoms with Gasteiger partial charge in [0.05, 0.1) is 6.04 Å². The molecule has 4 heteroatoms. The van der Waals surface area contributed by atoms with Crippen molar-refractivity contribution in [2.75, 3.05) is 0 Å². The summed E-state index contributed by atoms with van der Waals surface area (Å²) in [6, 6.07) is 9.54. The van der Waals surface area contributed by atoms with Crippen molar-refractivity contribution in [3.05, 3.63) is 59.7 Å². The Hall–Kier alpha value is -2.20. The molecule has 1 unspecified atom stereocenters. The van der Waals surface area contributed by atoms with E-state index in [1.165, 1.54) is 11.8 Å². The number of carbonyl (C=O) groups excluding carboxylic acids is 2. The van der Waals surface area contributed by atoms with Gasteiger partial charge < -0.3 is 5.11 Å². The van der Waals surface area contributed by atoms with E-state index in [2.05, 4.69) is 33.8 Å². The molecule has 1 saturated heterocycles. The average molecular weight is 396 g/mol. The first-order valence-electron chi connectivity index (χ1n) is 10.6. The van der Waals surface area contributed by atoms with Crippen LogP contribution in [0.1, 0.15) is 46.6 Å². The minimum absolute atomic E-state index is 0.0109. The van der Waals surface area contributed by atoms with Crippen molar-refractivity contribution in [3.63, 3.8) is 0 Å². The number of benzene rings is 1. The SMILES string of the molecule is CC(=O)N1C(=O)[C@@]2(O)[C@@H](/C=C/CC(C)C)C=C(C)[C@@H](C)[C@H]2C1Cc1ccccc1. The van der Waals surface area contributed by atoms with E-state index in [0.29, 0.717) is 12.3 Å². The smallest absolute Gasteiger partial charge is 0.262 e. The summed E-state index contributed by atoms with van der Waals surface area (Å²) in [4.78, 5) is 27.3. The number of nitrogens with zero attached hydrogens (tertiary/aromatic N) is 1. The molecule has 0 radical (unpaired) electrons. The summed E-state index contributed by atoms with van der Waals surface area (Å²) < 4.78 is 0. The number of imide groups is 1. The maximum atomic E-state index is 13.5. The van der Waals surface area contributed by atoms with Crippen LogP contribution in [-0.2, 0) is 16.0 Å². The van der Waals surface area contributed by atoms with Gasteiger partial charge in [-0.1, -0.05) is 74.9 Å². The number of rotatable bonds is 5. The maximum absolute atomic E-state index is 13.5. The van der Waals surface area contributed by atoms with Crippen LogP contribution in [0.3, 0.4) is 0 Å². The molecule has 1 heterocycles. The lowest BCUT2D eigenvalue weighted by Gasteiger charge is -2.42. The molecule has 1 aliphatic heterocycles. The third-order valence-corrected chi connectivity index (χ3v) is 6.60. The van der Waals surface area contributed by atoms with Crippen molar-refractivity contribution < 1.29 is 14.7 Å². The van der Waals surface area contributed by atoms with E-state index in [-0.39, 0.29) is 23.8 Å². The van der Waals surface area contributed by atoms with Crippen molar-refractivity contribution in [2.24, 2.45) is 23.7 Å². The average Bonchev–Trinajstić information content (AvgIpc) is 2.88. The van der Waals surface area contributed by atoms with Crippen LogP contribution in [0.4, 0.5) is 0 Å². The molecule has 5 atom stereocenters. The molecule has 1 aliphatic carbocycles. The van der Waals surface area contributed by atoms with Crippen molar-refractivity contribution in [3.8, 4) is 0 Å². The molecular formula is C25H33NO3. The summed E-state index contributed by atoms with van der Waals surface area (Å²) in [5.41, 5.74) is 0.639. The van der Waals surface area contributed by atoms with Gasteiger partial charge in [-0.15, -0.1) is 0 Å². The fraction of sp³-hybridized carbons (Fsp3) is 0.520. The molecule has 1 aromatic carbocycles. The van der Waals surface area contributed by atoms with Gasteiger partial charge in [0.1, 0.15) is 0 Å². The van der Waals surface area contributed by atoms with Gasteiger partial charge in [-0.25, -0.2) is 0 Å². The molecule has 2 amide bonds. The molecule has 1 fully saturated rings. The molecule has 1 N–H and O–H groups in total. The molecule has 4 nitrogen and oxygen atoms in total. The highest BCUT2D eigenvalue weighted by Crippen LogP contribution is 2.51. The van der Waals surface area contributed by atoms with Crippen LogP contribution in [0.25, 0.3) is 0 Å². The molecule has 0 aromatic heterocycles. The summed E-state index contributed by atoms with van der Waals surface area (Å²) in [5, 5.41) is 11.8. The molecular weight excluding hydrogens is 362 g/mol. The first-order chi connectivity index (χ1) is 13.7. The number of hydrogen-bond acceptors (Lipinski definition) is 3. The minimum Gasteiger partial charge on any atom is -0.379 e. The van der Waals surface area contributed by atoms with E-state index < -0.39 is 17.4 Å². The third-order valence-electron chi connectivity index (χ3n) is 6.60. The second kappa shape index (κ2) is 8.27. The molecule has 29 heavy (non-hydrogen) atoms. The Morgan fingerprint density at radius 1 is 1.28 bits per heavy atom. The quantitative estimate of drug-likeness (QED) is 0.762. The third kappa shape index (κ3) is 3.83. The van der Waals surface area contributed by atoms with Crippen LogP contribution in [-0.4, -0.2) is 33.5 Å². The monoisotopic (exact) mass is 395 g/mol. The topological polar surface area (TPSA) is 57.6 Å².